The van der Waals surface area contributed by atoms with Gasteiger partial charge in [0.2, 0.25) is 0 Å². The number of nitrogens with zero attached hydrogens (tertiary/aromatic N) is 3. The smallest absolute Gasteiger partial charge is 0.407 e. The summed E-state index contributed by atoms with van der Waals surface area (Å²) in [4.78, 5) is 36.3. The van der Waals surface area contributed by atoms with Gasteiger partial charge in [-0.05, 0) is 98.0 Å². The van der Waals surface area contributed by atoms with Crippen molar-refractivity contribution in [3.63, 3.8) is 0 Å². The molecule has 1 aliphatic carbocycles. The maximum atomic E-state index is 13.0. The van der Waals surface area contributed by atoms with Gasteiger partial charge in [-0.3, -0.25) is 4.79 Å². The predicted molar refractivity (Wildman–Crippen MR) is 127 cm³/mol. The Labute approximate surface area is 191 Å². The summed E-state index contributed by atoms with van der Waals surface area (Å²) >= 11 is 0. The predicted octanol–water partition coefficient (Wildman–Crippen LogP) is 3.94. The standard InChI is InChI=1S/C24H37N5O3/c1-16-14-20(21(25-15-16)26-19-10-12-29(5)13-11-19)22(30)27-17-6-8-18(9-7-17)28-23(31)32-24(2,3)4/h14-15,18-19H,6-13H2,1-5H3,(H,25,26)(H,28,31). The molecule has 3 rings (SSSR count). The number of ether oxygens (including phenoxy) is 1. The first-order valence-electron chi connectivity index (χ1n) is 11.6. The van der Waals surface area contributed by atoms with Crippen LogP contribution in [0.2, 0.25) is 0 Å². The molecule has 1 saturated carbocycles. The van der Waals surface area contributed by atoms with Gasteiger partial charge in [0.15, 0.2) is 0 Å². The van der Waals surface area contributed by atoms with Crippen LogP contribution in [-0.4, -0.2) is 65.4 Å². The number of amides is 2. The number of likely N-dealkylation sites (tertiary alicyclic amines) is 1. The first kappa shape index (κ1) is 24.2. The van der Waals surface area contributed by atoms with Crippen molar-refractivity contribution >= 4 is 23.5 Å². The van der Waals surface area contributed by atoms with Crippen molar-refractivity contribution in [1.29, 1.82) is 0 Å². The molecule has 1 aliphatic heterocycles. The molecule has 2 aliphatic rings. The van der Waals surface area contributed by atoms with Crippen LogP contribution in [0.15, 0.2) is 17.3 Å². The van der Waals surface area contributed by atoms with Crippen molar-refractivity contribution in [1.82, 2.24) is 15.2 Å². The van der Waals surface area contributed by atoms with Crippen molar-refractivity contribution in [3.05, 3.63) is 23.4 Å². The Balaban J connectivity index is 1.59. The minimum Gasteiger partial charge on any atom is -0.444 e. The highest BCUT2D eigenvalue weighted by molar-refractivity contribution is 6.06. The third kappa shape index (κ3) is 7.29. The number of carbonyl (C=O) groups excluding carboxylic acids is 2. The Morgan fingerprint density at radius 2 is 1.78 bits per heavy atom. The molecule has 0 radical (unpaired) electrons. The van der Waals surface area contributed by atoms with Gasteiger partial charge >= 0.3 is 6.09 Å². The Bertz CT molecular complexity index is 844. The SMILES string of the molecule is Cc1cnc(NC2CCN(C)CC2)c(C(=O)N=C2CCC(NC(=O)OC(C)(C)C)CC2)c1. The minimum absolute atomic E-state index is 0.0428. The number of alkyl carbamates (subject to hydrolysis) is 1. The maximum absolute atomic E-state index is 13.0. The number of carbonyl (C=O) groups is 2. The van der Waals surface area contributed by atoms with Gasteiger partial charge in [-0.2, -0.15) is 0 Å². The molecule has 8 heteroatoms. The maximum Gasteiger partial charge on any atom is 0.407 e. The fourth-order valence-corrected chi connectivity index (χ4v) is 4.08. The summed E-state index contributed by atoms with van der Waals surface area (Å²) in [5.74, 6) is 0.380. The highest BCUT2D eigenvalue weighted by atomic mass is 16.6. The fourth-order valence-electron chi connectivity index (χ4n) is 4.08. The van der Waals surface area contributed by atoms with Gasteiger partial charge in [-0.25, -0.2) is 14.8 Å². The van der Waals surface area contributed by atoms with Gasteiger partial charge in [0, 0.05) is 24.0 Å². The van der Waals surface area contributed by atoms with Crippen LogP contribution in [0.25, 0.3) is 0 Å². The van der Waals surface area contributed by atoms with Crippen LogP contribution in [-0.2, 0) is 4.74 Å². The molecule has 0 aromatic carbocycles. The minimum atomic E-state index is -0.515. The molecule has 32 heavy (non-hydrogen) atoms. The molecule has 2 amide bonds. The number of rotatable bonds is 4. The third-order valence-electron chi connectivity index (χ3n) is 5.86. The second kappa shape index (κ2) is 10.4. The van der Waals surface area contributed by atoms with E-state index < -0.39 is 11.7 Å². The van der Waals surface area contributed by atoms with Crippen LogP contribution in [0.5, 0.6) is 0 Å². The van der Waals surface area contributed by atoms with E-state index in [2.05, 4.69) is 32.6 Å². The lowest BCUT2D eigenvalue weighted by atomic mass is 9.93. The quantitative estimate of drug-likeness (QED) is 0.732. The topological polar surface area (TPSA) is 95.9 Å². The molecule has 1 aromatic heterocycles. The van der Waals surface area contributed by atoms with Crippen LogP contribution >= 0.6 is 0 Å². The van der Waals surface area contributed by atoms with Gasteiger partial charge in [-0.15, -0.1) is 0 Å². The summed E-state index contributed by atoms with van der Waals surface area (Å²) in [7, 11) is 2.13. The van der Waals surface area contributed by atoms with Crippen LogP contribution in [0.4, 0.5) is 10.6 Å². The molecular formula is C24H37N5O3. The zero-order valence-electron chi connectivity index (χ0n) is 20.0. The zero-order chi connectivity index (χ0) is 23.3. The van der Waals surface area contributed by atoms with Gasteiger partial charge in [0.05, 0.1) is 5.56 Å². The van der Waals surface area contributed by atoms with Gasteiger partial charge in [0.25, 0.3) is 5.91 Å². The van der Waals surface area contributed by atoms with E-state index in [-0.39, 0.29) is 11.9 Å². The van der Waals surface area contributed by atoms with Gasteiger partial charge in [0.1, 0.15) is 11.4 Å². The van der Waals surface area contributed by atoms with Crippen molar-refractivity contribution in [2.45, 2.75) is 83.9 Å². The lowest BCUT2D eigenvalue weighted by Crippen LogP contribution is -2.41. The van der Waals surface area contributed by atoms with E-state index >= 15 is 0 Å². The van der Waals surface area contributed by atoms with Crippen LogP contribution in [0.3, 0.4) is 0 Å². The molecule has 8 nitrogen and oxygen atoms in total. The molecule has 1 saturated heterocycles. The average molecular weight is 444 g/mol. The zero-order valence-corrected chi connectivity index (χ0v) is 20.0. The van der Waals surface area contributed by atoms with E-state index in [1.807, 2.05) is 33.8 Å². The highest BCUT2D eigenvalue weighted by Crippen LogP contribution is 2.22. The molecule has 0 bridgehead atoms. The fraction of sp³-hybridized carbons (Fsp3) is 0.667. The normalized spacial score (nSPS) is 20.5. The second-order valence-electron chi connectivity index (χ2n) is 10.0. The Hall–Kier alpha value is -2.48. The molecule has 2 heterocycles. The lowest BCUT2D eigenvalue weighted by molar-refractivity contribution is 0.0498. The lowest BCUT2D eigenvalue weighted by Gasteiger charge is -2.30. The van der Waals surface area contributed by atoms with Gasteiger partial charge in [-0.1, -0.05) is 0 Å². The third-order valence-corrected chi connectivity index (χ3v) is 5.86. The van der Waals surface area contributed by atoms with Crippen molar-refractivity contribution in [2.24, 2.45) is 4.99 Å². The highest BCUT2D eigenvalue weighted by Gasteiger charge is 2.24. The number of anilines is 1. The molecule has 0 unspecified atom stereocenters. The number of nitrogens with one attached hydrogen (secondary N) is 2. The molecule has 2 fully saturated rings. The first-order chi connectivity index (χ1) is 15.1. The van der Waals surface area contributed by atoms with Gasteiger partial charge < -0.3 is 20.3 Å². The summed E-state index contributed by atoms with van der Waals surface area (Å²) in [6.45, 7) is 9.55. The average Bonchev–Trinajstić information content (AvgIpc) is 2.71. The Morgan fingerprint density at radius 1 is 1.12 bits per heavy atom. The number of pyridine rings is 1. The molecular weight excluding hydrogens is 406 g/mol. The van der Waals surface area contributed by atoms with E-state index in [0.29, 0.717) is 30.3 Å². The monoisotopic (exact) mass is 443 g/mol. The molecule has 0 spiro atoms. The van der Waals surface area contributed by atoms with Crippen molar-refractivity contribution in [3.8, 4) is 0 Å². The van der Waals surface area contributed by atoms with Crippen LogP contribution in [0.1, 0.15) is 75.2 Å². The van der Waals surface area contributed by atoms with E-state index in [1.54, 1.807) is 6.20 Å². The molecule has 176 valence electrons. The molecule has 0 atom stereocenters. The van der Waals surface area contributed by atoms with E-state index in [1.165, 1.54) is 0 Å². The Morgan fingerprint density at radius 3 is 2.41 bits per heavy atom. The summed E-state index contributed by atoms with van der Waals surface area (Å²) in [5, 5.41) is 6.39. The largest absolute Gasteiger partial charge is 0.444 e. The van der Waals surface area contributed by atoms with Crippen molar-refractivity contribution < 1.29 is 14.3 Å². The Kier molecular flexibility index (Phi) is 7.87. The second-order valence-corrected chi connectivity index (χ2v) is 10.0. The number of aromatic nitrogens is 1. The number of piperidine rings is 1. The van der Waals surface area contributed by atoms with E-state index in [9.17, 15) is 9.59 Å². The van der Waals surface area contributed by atoms with Crippen molar-refractivity contribution in [2.75, 3.05) is 25.5 Å². The number of aliphatic imine (C=N–C) groups is 1. The van der Waals surface area contributed by atoms with Crippen LogP contribution < -0.4 is 10.6 Å². The number of hydrogen-bond acceptors (Lipinski definition) is 6. The van der Waals surface area contributed by atoms with E-state index in [4.69, 9.17) is 4.74 Å². The summed E-state index contributed by atoms with van der Waals surface area (Å²) in [6, 6.07) is 2.22. The first-order valence-corrected chi connectivity index (χ1v) is 11.6. The summed E-state index contributed by atoms with van der Waals surface area (Å²) in [5.41, 5.74) is 1.83. The number of hydrogen-bond donors (Lipinski definition) is 2. The number of aryl methyl sites for hydroxylation is 1. The molecule has 2 N–H and O–H groups in total. The molecule has 1 aromatic rings. The summed E-state index contributed by atoms with van der Waals surface area (Å²) < 4.78 is 5.33. The van der Waals surface area contributed by atoms with Crippen LogP contribution in [0, 0.1) is 6.92 Å². The summed E-state index contributed by atoms with van der Waals surface area (Å²) in [6.07, 6.45) is 6.31. The van der Waals surface area contributed by atoms with E-state index in [0.717, 1.165) is 50.0 Å².